The Kier molecular flexibility index (Phi) is 3.16. The van der Waals surface area contributed by atoms with Gasteiger partial charge in [0.25, 0.3) is 0 Å². The number of aromatic amines is 1. The largest absolute Gasteiger partial charge is 0.397 e. The van der Waals surface area contributed by atoms with Gasteiger partial charge in [-0.25, -0.2) is 0 Å². The fraction of sp³-hybridized carbons (Fsp3) is 0.188. The first-order valence-electron chi connectivity index (χ1n) is 6.62. The van der Waals surface area contributed by atoms with Crippen LogP contribution >= 0.6 is 0 Å². The summed E-state index contributed by atoms with van der Waals surface area (Å²) in [6, 6.07) is 14.4. The zero-order valence-corrected chi connectivity index (χ0v) is 11.7. The third kappa shape index (κ3) is 2.26. The van der Waals surface area contributed by atoms with E-state index >= 15 is 0 Å². The van der Waals surface area contributed by atoms with E-state index in [0.717, 1.165) is 34.4 Å². The fourth-order valence-electron chi connectivity index (χ4n) is 2.42. The van der Waals surface area contributed by atoms with Crippen molar-refractivity contribution in [2.45, 2.75) is 6.54 Å². The van der Waals surface area contributed by atoms with Crippen molar-refractivity contribution >= 4 is 16.6 Å². The lowest BCUT2D eigenvalue weighted by Gasteiger charge is -2.09. The topological polar surface area (TPSA) is 57.9 Å². The molecular formula is C16H18N4. The number of nitrogens with one attached hydrogen (secondary N) is 1. The summed E-state index contributed by atoms with van der Waals surface area (Å²) in [6.07, 6.45) is 0. The molecule has 1 aromatic heterocycles. The molecule has 1 heterocycles. The molecule has 20 heavy (non-hydrogen) atoms. The molecule has 0 amide bonds. The second kappa shape index (κ2) is 4.98. The third-order valence-electron chi connectivity index (χ3n) is 3.36. The van der Waals surface area contributed by atoms with Crippen LogP contribution in [0.5, 0.6) is 0 Å². The monoisotopic (exact) mass is 266 g/mol. The highest BCUT2D eigenvalue weighted by atomic mass is 15.1. The number of fused-ring (bicyclic) bond motifs is 1. The molecule has 102 valence electrons. The van der Waals surface area contributed by atoms with Gasteiger partial charge in [-0.3, -0.25) is 5.10 Å². The van der Waals surface area contributed by atoms with Gasteiger partial charge in [-0.2, -0.15) is 5.10 Å². The Morgan fingerprint density at radius 3 is 2.55 bits per heavy atom. The number of hydrogen-bond donors (Lipinski definition) is 2. The minimum atomic E-state index is 0.727. The molecule has 0 bridgehead atoms. The maximum absolute atomic E-state index is 5.95. The second-order valence-electron chi connectivity index (χ2n) is 5.28. The van der Waals surface area contributed by atoms with Gasteiger partial charge in [0, 0.05) is 17.5 Å². The number of aromatic nitrogens is 2. The van der Waals surface area contributed by atoms with E-state index in [-0.39, 0.29) is 0 Å². The Morgan fingerprint density at radius 1 is 1.10 bits per heavy atom. The normalized spacial score (nSPS) is 11.3. The highest BCUT2D eigenvalue weighted by Gasteiger charge is 2.09. The molecule has 0 unspecified atom stereocenters. The summed E-state index contributed by atoms with van der Waals surface area (Å²) in [5.74, 6) is 0. The SMILES string of the molecule is CN(C)Cc1ccc(-c2n[nH]c3c(N)cccc23)cc1. The zero-order valence-electron chi connectivity index (χ0n) is 11.7. The van der Waals surface area contributed by atoms with Crippen LogP contribution in [0.4, 0.5) is 5.69 Å². The average Bonchev–Trinajstić information content (AvgIpc) is 2.84. The summed E-state index contributed by atoms with van der Waals surface area (Å²) in [5.41, 5.74) is 10.9. The molecule has 0 fully saturated rings. The first kappa shape index (κ1) is 12.7. The molecule has 0 spiro atoms. The van der Waals surface area contributed by atoms with Crippen molar-refractivity contribution in [3.05, 3.63) is 48.0 Å². The summed E-state index contributed by atoms with van der Waals surface area (Å²) < 4.78 is 0. The van der Waals surface area contributed by atoms with Crippen molar-refractivity contribution < 1.29 is 0 Å². The molecule has 3 rings (SSSR count). The van der Waals surface area contributed by atoms with Crippen LogP contribution in [0.2, 0.25) is 0 Å². The van der Waals surface area contributed by atoms with Crippen LogP contribution in [0.1, 0.15) is 5.56 Å². The van der Waals surface area contributed by atoms with E-state index in [2.05, 4.69) is 53.5 Å². The van der Waals surface area contributed by atoms with E-state index in [1.807, 2.05) is 18.2 Å². The van der Waals surface area contributed by atoms with Gasteiger partial charge in [0.2, 0.25) is 0 Å². The van der Waals surface area contributed by atoms with Gasteiger partial charge >= 0.3 is 0 Å². The first-order valence-corrected chi connectivity index (χ1v) is 6.62. The molecule has 3 aromatic rings. The second-order valence-corrected chi connectivity index (χ2v) is 5.28. The van der Waals surface area contributed by atoms with Crippen LogP contribution < -0.4 is 5.73 Å². The van der Waals surface area contributed by atoms with E-state index in [1.54, 1.807) is 0 Å². The fourth-order valence-corrected chi connectivity index (χ4v) is 2.42. The zero-order chi connectivity index (χ0) is 14.1. The number of anilines is 1. The van der Waals surface area contributed by atoms with Crippen molar-refractivity contribution in [2.75, 3.05) is 19.8 Å². The van der Waals surface area contributed by atoms with Crippen molar-refractivity contribution in [3.63, 3.8) is 0 Å². The Balaban J connectivity index is 2.01. The van der Waals surface area contributed by atoms with Crippen LogP contribution in [-0.2, 0) is 6.54 Å². The molecular weight excluding hydrogens is 248 g/mol. The van der Waals surface area contributed by atoms with Crippen molar-refractivity contribution in [2.24, 2.45) is 0 Å². The van der Waals surface area contributed by atoms with Gasteiger partial charge in [0.05, 0.1) is 16.9 Å². The summed E-state index contributed by atoms with van der Waals surface area (Å²) in [7, 11) is 4.13. The number of nitrogen functional groups attached to an aromatic ring is 1. The van der Waals surface area contributed by atoms with Gasteiger partial charge in [-0.1, -0.05) is 36.4 Å². The van der Waals surface area contributed by atoms with E-state index in [4.69, 9.17) is 5.73 Å². The molecule has 0 radical (unpaired) electrons. The van der Waals surface area contributed by atoms with Gasteiger partial charge in [-0.05, 0) is 25.7 Å². The highest BCUT2D eigenvalue weighted by Crippen LogP contribution is 2.29. The van der Waals surface area contributed by atoms with E-state index in [0.29, 0.717) is 0 Å². The lowest BCUT2D eigenvalue weighted by atomic mass is 10.1. The number of nitrogens with two attached hydrogens (primary N) is 1. The molecule has 4 heteroatoms. The van der Waals surface area contributed by atoms with Gasteiger partial charge < -0.3 is 10.6 Å². The number of hydrogen-bond acceptors (Lipinski definition) is 3. The van der Waals surface area contributed by atoms with Gasteiger partial charge in [0.1, 0.15) is 0 Å². The molecule has 0 saturated carbocycles. The number of benzene rings is 2. The summed E-state index contributed by atoms with van der Waals surface area (Å²) in [6.45, 7) is 0.939. The van der Waals surface area contributed by atoms with E-state index in [1.165, 1.54) is 5.56 Å². The van der Waals surface area contributed by atoms with Crippen LogP contribution in [-0.4, -0.2) is 29.2 Å². The lowest BCUT2D eigenvalue weighted by Crippen LogP contribution is -2.10. The smallest absolute Gasteiger partial charge is 0.1000 e. The van der Waals surface area contributed by atoms with Crippen molar-refractivity contribution in [3.8, 4) is 11.3 Å². The molecule has 0 aliphatic heterocycles. The molecule has 4 nitrogen and oxygen atoms in total. The maximum atomic E-state index is 5.95. The molecule has 3 N–H and O–H groups in total. The van der Waals surface area contributed by atoms with Crippen LogP contribution in [0, 0.1) is 0 Å². The van der Waals surface area contributed by atoms with Gasteiger partial charge in [-0.15, -0.1) is 0 Å². The molecule has 2 aromatic carbocycles. The predicted octanol–water partition coefficient (Wildman–Crippen LogP) is 2.87. The van der Waals surface area contributed by atoms with Gasteiger partial charge in [0.15, 0.2) is 0 Å². The highest BCUT2D eigenvalue weighted by molar-refractivity contribution is 5.98. The lowest BCUT2D eigenvalue weighted by molar-refractivity contribution is 0.402. The van der Waals surface area contributed by atoms with Crippen molar-refractivity contribution in [1.29, 1.82) is 0 Å². The Hall–Kier alpha value is -2.33. The molecule has 0 aliphatic rings. The van der Waals surface area contributed by atoms with Crippen LogP contribution in [0.15, 0.2) is 42.5 Å². The number of nitrogens with zero attached hydrogens (tertiary/aromatic N) is 2. The Morgan fingerprint density at radius 2 is 1.85 bits per heavy atom. The van der Waals surface area contributed by atoms with E-state index < -0.39 is 0 Å². The van der Waals surface area contributed by atoms with Crippen molar-refractivity contribution in [1.82, 2.24) is 15.1 Å². The summed E-state index contributed by atoms with van der Waals surface area (Å²) in [5, 5.41) is 8.48. The average molecular weight is 266 g/mol. The minimum absolute atomic E-state index is 0.727. The Bertz CT molecular complexity index is 726. The summed E-state index contributed by atoms with van der Waals surface area (Å²) in [4.78, 5) is 2.15. The summed E-state index contributed by atoms with van der Waals surface area (Å²) >= 11 is 0. The molecule has 0 atom stereocenters. The quantitative estimate of drug-likeness (QED) is 0.717. The Labute approximate surface area is 118 Å². The number of rotatable bonds is 3. The van der Waals surface area contributed by atoms with Crippen LogP contribution in [0.3, 0.4) is 0 Å². The standard InChI is InChI=1S/C16H18N4/c1-20(2)10-11-6-8-12(9-7-11)15-13-4-3-5-14(17)16(13)19-18-15/h3-9H,10,17H2,1-2H3,(H,18,19). The first-order chi connectivity index (χ1) is 9.65. The van der Waals surface area contributed by atoms with E-state index in [9.17, 15) is 0 Å². The minimum Gasteiger partial charge on any atom is -0.397 e. The van der Waals surface area contributed by atoms with Crippen LogP contribution in [0.25, 0.3) is 22.2 Å². The number of para-hydroxylation sites is 1. The number of H-pyrrole nitrogens is 1. The molecule has 0 saturated heterocycles. The predicted molar refractivity (Wildman–Crippen MR) is 83.3 cm³/mol. The maximum Gasteiger partial charge on any atom is 0.1000 e. The molecule has 0 aliphatic carbocycles. The third-order valence-corrected chi connectivity index (χ3v) is 3.36.